The maximum Gasteiger partial charge on any atom is 0.0762 e. The summed E-state index contributed by atoms with van der Waals surface area (Å²) in [5.41, 5.74) is 1.97. The molecule has 2 heterocycles. The van der Waals surface area contributed by atoms with Crippen LogP contribution in [0.1, 0.15) is 11.4 Å². The van der Waals surface area contributed by atoms with Gasteiger partial charge in [-0.15, -0.1) is 0 Å². The van der Waals surface area contributed by atoms with Crippen molar-refractivity contribution in [1.29, 1.82) is 0 Å². The molecule has 0 atom stereocenters. The van der Waals surface area contributed by atoms with Gasteiger partial charge in [0.1, 0.15) is 0 Å². The van der Waals surface area contributed by atoms with Crippen molar-refractivity contribution in [3.8, 4) is 0 Å². The summed E-state index contributed by atoms with van der Waals surface area (Å²) in [6.45, 7) is 1.46. The second-order valence-corrected chi connectivity index (χ2v) is 3.28. The Balaban J connectivity index is 1.80. The first-order valence-corrected chi connectivity index (χ1v) is 4.79. The van der Waals surface area contributed by atoms with Crippen molar-refractivity contribution in [2.75, 3.05) is 0 Å². The molecular weight excluding hydrogens is 190 g/mol. The zero-order valence-electron chi connectivity index (χ0n) is 8.59. The van der Waals surface area contributed by atoms with E-state index in [9.17, 15) is 0 Å². The Hall–Kier alpha value is -1.75. The van der Waals surface area contributed by atoms with E-state index >= 15 is 0 Å². The molecule has 0 saturated carbocycles. The van der Waals surface area contributed by atoms with Crippen molar-refractivity contribution >= 4 is 0 Å². The van der Waals surface area contributed by atoms with Crippen molar-refractivity contribution in [2.24, 2.45) is 7.05 Å². The summed E-state index contributed by atoms with van der Waals surface area (Å²) in [7, 11) is 1.91. The maximum absolute atomic E-state index is 4.26. The summed E-state index contributed by atoms with van der Waals surface area (Å²) in [5.74, 6) is 0. The van der Waals surface area contributed by atoms with E-state index in [0.29, 0.717) is 6.54 Å². The van der Waals surface area contributed by atoms with Gasteiger partial charge in [0.2, 0.25) is 0 Å². The Morgan fingerprint density at radius 3 is 2.80 bits per heavy atom. The van der Waals surface area contributed by atoms with E-state index in [-0.39, 0.29) is 0 Å². The highest BCUT2D eigenvalue weighted by molar-refractivity contribution is 4.99. The molecule has 15 heavy (non-hydrogen) atoms. The molecule has 0 unspecified atom stereocenters. The summed E-state index contributed by atoms with van der Waals surface area (Å²) >= 11 is 0. The van der Waals surface area contributed by atoms with Gasteiger partial charge in [-0.1, -0.05) is 0 Å². The lowest BCUT2D eigenvalue weighted by Gasteiger charge is -2.00. The monoisotopic (exact) mass is 203 g/mol. The van der Waals surface area contributed by atoms with Gasteiger partial charge in [0.05, 0.1) is 11.4 Å². The molecule has 0 spiro atoms. The largest absolute Gasteiger partial charge is 0.305 e. The highest BCUT2D eigenvalue weighted by Gasteiger charge is 1.97. The quantitative estimate of drug-likeness (QED) is 0.786. The molecular formula is C10H13N5. The summed E-state index contributed by atoms with van der Waals surface area (Å²) in [5, 5.41) is 7.51. The third kappa shape index (κ3) is 2.85. The van der Waals surface area contributed by atoms with E-state index < -0.39 is 0 Å². The Kier molecular flexibility index (Phi) is 3.04. The van der Waals surface area contributed by atoms with Crippen LogP contribution in [-0.4, -0.2) is 19.7 Å². The summed E-state index contributed by atoms with van der Waals surface area (Å²) in [6, 6.07) is 1.99. The van der Waals surface area contributed by atoms with Crippen molar-refractivity contribution in [2.45, 2.75) is 13.1 Å². The Labute approximate surface area is 88.2 Å². The fraction of sp³-hybridized carbons (Fsp3) is 0.300. The molecule has 0 aliphatic heterocycles. The first-order valence-electron chi connectivity index (χ1n) is 4.79. The van der Waals surface area contributed by atoms with Crippen LogP contribution in [0.3, 0.4) is 0 Å². The first kappa shape index (κ1) is 9.79. The molecule has 0 radical (unpaired) electrons. The normalized spacial score (nSPS) is 10.5. The third-order valence-electron chi connectivity index (χ3n) is 2.00. The van der Waals surface area contributed by atoms with E-state index in [1.807, 2.05) is 19.3 Å². The van der Waals surface area contributed by atoms with Crippen LogP contribution in [0.5, 0.6) is 0 Å². The van der Waals surface area contributed by atoms with Crippen molar-refractivity contribution in [1.82, 2.24) is 25.1 Å². The van der Waals surface area contributed by atoms with E-state index in [1.54, 1.807) is 23.3 Å². The molecule has 2 rings (SSSR count). The van der Waals surface area contributed by atoms with E-state index in [4.69, 9.17) is 0 Å². The molecule has 2 aromatic heterocycles. The standard InChI is InChI=1S/C10H13N5/c1-15-5-2-9(14-15)6-12-8-10-7-11-3-4-13-10/h2-5,7,12H,6,8H2,1H3. The molecule has 2 aromatic rings. The highest BCUT2D eigenvalue weighted by Crippen LogP contribution is 1.94. The highest BCUT2D eigenvalue weighted by atomic mass is 15.3. The van der Waals surface area contributed by atoms with E-state index in [0.717, 1.165) is 17.9 Å². The van der Waals surface area contributed by atoms with Gasteiger partial charge in [-0.05, 0) is 6.07 Å². The Morgan fingerprint density at radius 2 is 2.13 bits per heavy atom. The lowest BCUT2D eigenvalue weighted by molar-refractivity contribution is 0.646. The van der Waals surface area contributed by atoms with Crippen molar-refractivity contribution in [3.63, 3.8) is 0 Å². The predicted molar refractivity (Wildman–Crippen MR) is 55.8 cm³/mol. The average molecular weight is 203 g/mol. The second kappa shape index (κ2) is 4.65. The van der Waals surface area contributed by atoms with Crippen LogP contribution in [0.15, 0.2) is 30.9 Å². The van der Waals surface area contributed by atoms with Gasteiger partial charge in [-0.3, -0.25) is 14.6 Å². The number of hydrogen-bond acceptors (Lipinski definition) is 4. The lowest BCUT2D eigenvalue weighted by Crippen LogP contribution is -2.14. The van der Waals surface area contributed by atoms with Crippen LogP contribution in [0.4, 0.5) is 0 Å². The minimum atomic E-state index is 0.713. The maximum atomic E-state index is 4.26. The fourth-order valence-electron chi connectivity index (χ4n) is 1.30. The van der Waals surface area contributed by atoms with Gasteiger partial charge in [0.25, 0.3) is 0 Å². The third-order valence-corrected chi connectivity index (χ3v) is 2.00. The van der Waals surface area contributed by atoms with E-state index in [2.05, 4.69) is 20.4 Å². The minimum absolute atomic E-state index is 0.713. The van der Waals surface area contributed by atoms with Crippen LogP contribution >= 0.6 is 0 Å². The van der Waals surface area contributed by atoms with Crippen molar-refractivity contribution in [3.05, 3.63) is 42.2 Å². The van der Waals surface area contributed by atoms with Crippen molar-refractivity contribution < 1.29 is 0 Å². The lowest BCUT2D eigenvalue weighted by atomic mass is 10.4. The second-order valence-electron chi connectivity index (χ2n) is 3.28. The first-order chi connectivity index (χ1) is 7.34. The predicted octanol–water partition coefficient (Wildman–Crippen LogP) is 0.500. The average Bonchev–Trinajstić information content (AvgIpc) is 2.66. The zero-order chi connectivity index (χ0) is 10.5. The summed E-state index contributed by atoms with van der Waals surface area (Å²) in [4.78, 5) is 8.16. The van der Waals surface area contributed by atoms with Gasteiger partial charge >= 0.3 is 0 Å². The van der Waals surface area contributed by atoms with Gasteiger partial charge < -0.3 is 5.32 Å². The van der Waals surface area contributed by atoms with Crippen LogP contribution in [-0.2, 0) is 20.1 Å². The molecule has 0 aliphatic rings. The fourth-order valence-corrected chi connectivity index (χ4v) is 1.30. The van der Waals surface area contributed by atoms with Crippen LogP contribution < -0.4 is 5.32 Å². The molecule has 1 N–H and O–H groups in total. The van der Waals surface area contributed by atoms with Gasteiger partial charge in [0, 0.05) is 44.9 Å². The summed E-state index contributed by atoms with van der Waals surface area (Å²) < 4.78 is 1.79. The number of rotatable bonds is 4. The Morgan fingerprint density at radius 1 is 1.27 bits per heavy atom. The molecule has 78 valence electrons. The summed E-state index contributed by atoms with van der Waals surface area (Å²) in [6.07, 6.45) is 7.05. The SMILES string of the molecule is Cn1ccc(CNCc2cnccn2)n1. The van der Waals surface area contributed by atoms with E-state index in [1.165, 1.54) is 0 Å². The number of nitrogens with one attached hydrogen (secondary N) is 1. The minimum Gasteiger partial charge on any atom is -0.305 e. The van der Waals surface area contributed by atoms with Gasteiger partial charge in [0.15, 0.2) is 0 Å². The molecule has 0 aliphatic carbocycles. The molecule has 0 amide bonds. The number of hydrogen-bond donors (Lipinski definition) is 1. The zero-order valence-corrected chi connectivity index (χ0v) is 8.59. The smallest absolute Gasteiger partial charge is 0.0762 e. The van der Waals surface area contributed by atoms with Crippen LogP contribution in [0, 0.1) is 0 Å². The molecule has 0 saturated heterocycles. The number of nitrogens with zero attached hydrogens (tertiary/aromatic N) is 4. The number of aromatic nitrogens is 4. The van der Waals surface area contributed by atoms with Gasteiger partial charge in [-0.25, -0.2) is 0 Å². The van der Waals surface area contributed by atoms with Crippen LogP contribution in [0.25, 0.3) is 0 Å². The molecule has 0 bridgehead atoms. The van der Waals surface area contributed by atoms with Crippen LogP contribution in [0.2, 0.25) is 0 Å². The Bertz CT molecular complexity index is 409. The topological polar surface area (TPSA) is 55.6 Å². The number of aryl methyl sites for hydroxylation is 1. The molecule has 5 nitrogen and oxygen atoms in total. The molecule has 5 heteroatoms. The molecule has 0 fully saturated rings. The molecule has 0 aromatic carbocycles. The van der Waals surface area contributed by atoms with Gasteiger partial charge in [-0.2, -0.15) is 5.10 Å².